The first kappa shape index (κ1) is 8.91. The van der Waals surface area contributed by atoms with Gasteiger partial charge in [0, 0.05) is 25.5 Å². The van der Waals surface area contributed by atoms with E-state index in [1.165, 1.54) is 0 Å². The summed E-state index contributed by atoms with van der Waals surface area (Å²) in [7, 11) is 0. The third-order valence-electron chi connectivity index (χ3n) is 3.25. The van der Waals surface area contributed by atoms with Gasteiger partial charge in [-0.3, -0.25) is 4.79 Å². The van der Waals surface area contributed by atoms with Crippen molar-refractivity contribution in [2.45, 2.75) is 31.5 Å². The van der Waals surface area contributed by atoms with Crippen molar-refractivity contribution < 1.29 is 4.79 Å². The minimum atomic E-state index is -0.547. The van der Waals surface area contributed by atoms with E-state index in [0.717, 1.165) is 31.8 Å². The highest BCUT2D eigenvalue weighted by molar-refractivity contribution is 5.89. The molecule has 1 saturated carbocycles. The summed E-state index contributed by atoms with van der Waals surface area (Å²) in [5.41, 5.74) is 5.35. The number of hydrogen-bond acceptors (Lipinski definition) is 3. The molecule has 0 radical (unpaired) electrons. The van der Waals surface area contributed by atoms with Crippen molar-refractivity contribution in [2.75, 3.05) is 6.54 Å². The Hall–Kier alpha value is -1.36. The number of nitrogens with zero attached hydrogens (tertiary/aromatic N) is 3. The molecule has 1 aromatic rings. The second-order valence-corrected chi connectivity index (χ2v) is 4.42. The molecule has 1 aliphatic carbocycles. The van der Waals surface area contributed by atoms with E-state index in [0.29, 0.717) is 6.54 Å². The van der Waals surface area contributed by atoms with E-state index in [9.17, 15) is 4.79 Å². The number of aromatic nitrogens is 2. The lowest BCUT2D eigenvalue weighted by molar-refractivity contribution is -0.135. The Morgan fingerprint density at radius 2 is 2.27 bits per heavy atom. The van der Waals surface area contributed by atoms with Crippen LogP contribution >= 0.6 is 0 Å². The highest BCUT2D eigenvalue weighted by Crippen LogP contribution is 2.34. The molecule has 1 aliphatic heterocycles. The van der Waals surface area contributed by atoms with Crippen LogP contribution in [0.1, 0.15) is 18.7 Å². The second kappa shape index (κ2) is 2.82. The lowest BCUT2D eigenvalue weighted by atomic mass is 10.2. The van der Waals surface area contributed by atoms with Gasteiger partial charge < -0.3 is 15.2 Å². The molecule has 0 atom stereocenters. The summed E-state index contributed by atoms with van der Waals surface area (Å²) in [6.45, 7) is 2.18. The standard InChI is InChI=1S/C10H14N4O/c11-10(1-2-10)9(15)14-6-5-13-4-3-12-8(13)7-14/h3-4H,1-2,5-7,11H2. The number of nitrogens with two attached hydrogens (primary N) is 1. The van der Waals surface area contributed by atoms with E-state index in [4.69, 9.17) is 5.73 Å². The average Bonchev–Trinajstić information content (AvgIpc) is 2.82. The highest BCUT2D eigenvalue weighted by Gasteiger charge is 2.48. The summed E-state index contributed by atoms with van der Waals surface area (Å²) in [6, 6.07) is 0. The van der Waals surface area contributed by atoms with Crippen molar-refractivity contribution >= 4 is 5.91 Å². The van der Waals surface area contributed by atoms with Crippen molar-refractivity contribution in [3.63, 3.8) is 0 Å². The summed E-state index contributed by atoms with van der Waals surface area (Å²) in [6.07, 6.45) is 5.39. The first-order valence-electron chi connectivity index (χ1n) is 5.27. The predicted octanol–water partition coefficient (Wildman–Crippen LogP) is -0.283. The van der Waals surface area contributed by atoms with Gasteiger partial charge in [0.2, 0.25) is 5.91 Å². The fourth-order valence-electron chi connectivity index (χ4n) is 2.01. The Morgan fingerprint density at radius 3 is 3.00 bits per heavy atom. The van der Waals surface area contributed by atoms with Gasteiger partial charge in [-0.15, -0.1) is 0 Å². The Morgan fingerprint density at radius 1 is 1.47 bits per heavy atom. The molecule has 15 heavy (non-hydrogen) atoms. The van der Waals surface area contributed by atoms with E-state index < -0.39 is 5.54 Å². The fourth-order valence-corrected chi connectivity index (χ4v) is 2.01. The van der Waals surface area contributed by atoms with Crippen LogP contribution in [0.4, 0.5) is 0 Å². The molecule has 3 rings (SSSR count). The summed E-state index contributed by atoms with van der Waals surface area (Å²) in [5.74, 6) is 1.05. The van der Waals surface area contributed by atoms with Crippen LogP contribution in [0.5, 0.6) is 0 Å². The molecule has 0 spiro atoms. The third kappa shape index (κ3) is 1.34. The topological polar surface area (TPSA) is 64.2 Å². The molecule has 5 nitrogen and oxygen atoms in total. The van der Waals surface area contributed by atoms with Crippen LogP contribution in [-0.2, 0) is 17.9 Å². The van der Waals surface area contributed by atoms with E-state index in [2.05, 4.69) is 9.55 Å². The first-order valence-corrected chi connectivity index (χ1v) is 5.27. The lowest BCUT2D eigenvalue weighted by Crippen LogP contribution is -2.48. The monoisotopic (exact) mass is 206 g/mol. The van der Waals surface area contributed by atoms with Crippen molar-refractivity contribution in [3.05, 3.63) is 18.2 Å². The van der Waals surface area contributed by atoms with E-state index in [1.807, 2.05) is 11.1 Å². The maximum atomic E-state index is 12.0. The molecule has 0 aromatic carbocycles. The number of imidazole rings is 1. The summed E-state index contributed by atoms with van der Waals surface area (Å²) in [4.78, 5) is 18.0. The molecule has 2 heterocycles. The first-order chi connectivity index (χ1) is 7.19. The van der Waals surface area contributed by atoms with Crippen molar-refractivity contribution in [3.8, 4) is 0 Å². The summed E-state index contributed by atoms with van der Waals surface area (Å²) >= 11 is 0. The number of fused-ring (bicyclic) bond motifs is 1. The SMILES string of the molecule is NC1(C(=O)N2CCn3ccnc3C2)CC1. The van der Waals surface area contributed by atoms with Crippen LogP contribution in [0, 0.1) is 0 Å². The minimum Gasteiger partial charge on any atom is -0.332 e. The molecular formula is C10H14N4O. The molecule has 0 bridgehead atoms. The quantitative estimate of drug-likeness (QED) is 0.687. The zero-order valence-corrected chi connectivity index (χ0v) is 8.52. The Bertz CT molecular complexity index is 407. The maximum absolute atomic E-state index is 12.0. The molecule has 1 aromatic heterocycles. The number of amides is 1. The number of carbonyl (C=O) groups is 1. The van der Waals surface area contributed by atoms with Crippen LogP contribution in [0.25, 0.3) is 0 Å². The highest BCUT2D eigenvalue weighted by atomic mass is 16.2. The lowest BCUT2D eigenvalue weighted by Gasteiger charge is -2.29. The molecule has 0 saturated heterocycles. The van der Waals surface area contributed by atoms with Gasteiger partial charge in [-0.25, -0.2) is 4.98 Å². The number of rotatable bonds is 1. The van der Waals surface area contributed by atoms with Crippen molar-refractivity contribution in [1.29, 1.82) is 0 Å². The molecule has 2 N–H and O–H groups in total. The Balaban J connectivity index is 1.78. The van der Waals surface area contributed by atoms with Crippen molar-refractivity contribution in [2.24, 2.45) is 5.73 Å². The summed E-state index contributed by atoms with van der Waals surface area (Å²) < 4.78 is 2.08. The Kier molecular flexibility index (Phi) is 1.68. The molecular weight excluding hydrogens is 192 g/mol. The average molecular weight is 206 g/mol. The van der Waals surface area contributed by atoms with Crippen LogP contribution < -0.4 is 5.73 Å². The van der Waals surface area contributed by atoms with Gasteiger partial charge in [-0.05, 0) is 12.8 Å². The van der Waals surface area contributed by atoms with Gasteiger partial charge in [0.25, 0.3) is 0 Å². The Labute approximate surface area is 87.9 Å². The molecule has 1 amide bonds. The maximum Gasteiger partial charge on any atom is 0.243 e. The molecule has 0 unspecified atom stereocenters. The molecule has 80 valence electrons. The second-order valence-electron chi connectivity index (χ2n) is 4.42. The normalized spacial score (nSPS) is 22.3. The molecule has 5 heteroatoms. The van der Waals surface area contributed by atoms with Gasteiger partial charge in [-0.2, -0.15) is 0 Å². The van der Waals surface area contributed by atoms with Crippen molar-refractivity contribution in [1.82, 2.24) is 14.5 Å². The smallest absolute Gasteiger partial charge is 0.243 e. The van der Waals surface area contributed by atoms with Crippen LogP contribution in [0.2, 0.25) is 0 Å². The van der Waals surface area contributed by atoms with Gasteiger partial charge in [-0.1, -0.05) is 0 Å². The third-order valence-corrected chi connectivity index (χ3v) is 3.25. The van der Waals surface area contributed by atoms with E-state index >= 15 is 0 Å². The van der Waals surface area contributed by atoms with E-state index in [-0.39, 0.29) is 5.91 Å². The van der Waals surface area contributed by atoms with Crippen LogP contribution in [0.3, 0.4) is 0 Å². The zero-order valence-electron chi connectivity index (χ0n) is 8.52. The van der Waals surface area contributed by atoms with Gasteiger partial charge in [0.15, 0.2) is 0 Å². The minimum absolute atomic E-state index is 0.0942. The fraction of sp³-hybridized carbons (Fsp3) is 0.600. The number of hydrogen-bond donors (Lipinski definition) is 1. The zero-order chi connectivity index (χ0) is 10.5. The van der Waals surface area contributed by atoms with Gasteiger partial charge in [0.1, 0.15) is 5.82 Å². The molecule has 1 fully saturated rings. The van der Waals surface area contributed by atoms with Gasteiger partial charge in [0.05, 0.1) is 12.1 Å². The van der Waals surface area contributed by atoms with Crippen LogP contribution in [0.15, 0.2) is 12.4 Å². The van der Waals surface area contributed by atoms with E-state index in [1.54, 1.807) is 6.20 Å². The summed E-state index contributed by atoms with van der Waals surface area (Å²) in [5, 5.41) is 0. The predicted molar refractivity (Wildman–Crippen MR) is 53.8 cm³/mol. The van der Waals surface area contributed by atoms with Crippen LogP contribution in [-0.4, -0.2) is 32.4 Å². The molecule has 2 aliphatic rings. The number of carbonyl (C=O) groups excluding carboxylic acids is 1. The van der Waals surface area contributed by atoms with Gasteiger partial charge >= 0.3 is 0 Å². The largest absolute Gasteiger partial charge is 0.332 e.